The zero-order chi connectivity index (χ0) is 9.26. The standard InChI is InChI=1S/C10H11IO2/c1-12-7-2-3-8-9(11)4-5-13-10(8)6-7/h2-3,6,9H,4-5H2,1H3. The van der Waals surface area contributed by atoms with Crippen LogP contribution in [0.5, 0.6) is 11.5 Å². The summed E-state index contributed by atoms with van der Waals surface area (Å²) in [6.07, 6.45) is 1.10. The minimum absolute atomic E-state index is 0.576. The van der Waals surface area contributed by atoms with Gasteiger partial charge in [-0.2, -0.15) is 0 Å². The maximum Gasteiger partial charge on any atom is 0.127 e. The molecule has 0 saturated heterocycles. The number of hydrogen-bond donors (Lipinski definition) is 0. The van der Waals surface area contributed by atoms with Crippen molar-refractivity contribution >= 4 is 22.6 Å². The van der Waals surface area contributed by atoms with Crippen molar-refractivity contribution in [3.05, 3.63) is 23.8 Å². The van der Waals surface area contributed by atoms with E-state index in [1.54, 1.807) is 7.11 Å². The maximum absolute atomic E-state index is 5.55. The molecule has 0 aromatic heterocycles. The molecule has 1 heterocycles. The Morgan fingerprint density at radius 2 is 2.38 bits per heavy atom. The summed E-state index contributed by atoms with van der Waals surface area (Å²) in [5, 5.41) is 0. The molecule has 1 aromatic rings. The van der Waals surface area contributed by atoms with Gasteiger partial charge in [0.15, 0.2) is 0 Å². The van der Waals surface area contributed by atoms with Gasteiger partial charge in [-0.3, -0.25) is 0 Å². The molecule has 1 unspecified atom stereocenters. The van der Waals surface area contributed by atoms with E-state index in [1.807, 2.05) is 12.1 Å². The third-order valence-corrected chi connectivity index (χ3v) is 3.48. The Morgan fingerprint density at radius 3 is 3.15 bits per heavy atom. The predicted octanol–water partition coefficient (Wildman–Crippen LogP) is 2.95. The van der Waals surface area contributed by atoms with Crippen molar-refractivity contribution in [2.45, 2.75) is 10.3 Å². The second-order valence-electron chi connectivity index (χ2n) is 3.01. The lowest BCUT2D eigenvalue weighted by atomic mass is 10.1. The molecule has 0 saturated carbocycles. The third kappa shape index (κ3) is 1.75. The second kappa shape index (κ2) is 3.74. The molecular weight excluding hydrogens is 279 g/mol. The zero-order valence-corrected chi connectivity index (χ0v) is 9.58. The lowest BCUT2D eigenvalue weighted by Crippen LogP contribution is -2.10. The van der Waals surface area contributed by atoms with Crippen LogP contribution in [0.3, 0.4) is 0 Å². The molecule has 0 aliphatic carbocycles. The fraction of sp³-hybridized carbons (Fsp3) is 0.400. The smallest absolute Gasteiger partial charge is 0.127 e. The highest BCUT2D eigenvalue weighted by atomic mass is 127. The van der Waals surface area contributed by atoms with Gasteiger partial charge in [-0.1, -0.05) is 28.7 Å². The first-order chi connectivity index (χ1) is 6.31. The second-order valence-corrected chi connectivity index (χ2v) is 4.51. The summed E-state index contributed by atoms with van der Waals surface area (Å²) in [7, 11) is 1.67. The highest BCUT2D eigenvalue weighted by molar-refractivity contribution is 14.1. The van der Waals surface area contributed by atoms with Crippen LogP contribution in [0.1, 0.15) is 15.9 Å². The summed E-state index contributed by atoms with van der Waals surface area (Å²) < 4.78 is 11.3. The SMILES string of the molecule is COc1ccc2c(c1)OCCC2I. The van der Waals surface area contributed by atoms with E-state index in [9.17, 15) is 0 Å². The molecule has 1 aliphatic heterocycles. The van der Waals surface area contributed by atoms with Crippen molar-refractivity contribution in [2.75, 3.05) is 13.7 Å². The van der Waals surface area contributed by atoms with Crippen LogP contribution in [-0.4, -0.2) is 13.7 Å². The normalized spacial score (nSPS) is 20.3. The Morgan fingerprint density at radius 1 is 1.54 bits per heavy atom. The van der Waals surface area contributed by atoms with Crippen LogP contribution in [0.15, 0.2) is 18.2 Å². The van der Waals surface area contributed by atoms with Gasteiger partial charge in [0, 0.05) is 15.6 Å². The molecule has 1 aromatic carbocycles. The van der Waals surface area contributed by atoms with Gasteiger partial charge in [-0.15, -0.1) is 0 Å². The van der Waals surface area contributed by atoms with E-state index in [0.29, 0.717) is 3.92 Å². The highest BCUT2D eigenvalue weighted by Crippen LogP contribution is 2.39. The Kier molecular flexibility index (Phi) is 2.62. The Bertz CT molecular complexity index is 312. The topological polar surface area (TPSA) is 18.5 Å². The minimum atomic E-state index is 0.576. The molecule has 3 heteroatoms. The molecule has 2 rings (SSSR count). The van der Waals surface area contributed by atoms with Crippen molar-refractivity contribution in [3.63, 3.8) is 0 Å². The summed E-state index contributed by atoms with van der Waals surface area (Å²) in [5.74, 6) is 1.84. The Hall–Kier alpha value is -0.450. The summed E-state index contributed by atoms with van der Waals surface area (Å²) in [6, 6.07) is 6.03. The number of benzene rings is 1. The average Bonchev–Trinajstić information content (AvgIpc) is 2.18. The van der Waals surface area contributed by atoms with Gasteiger partial charge in [-0.25, -0.2) is 0 Å². The fourth-order valence-electron chi connectivity index (χ4n) is 1.45. The molecule has 70 valence electrons. The molecule has 13 heavy (non-hydrogen) atoms. The molecular formula is C10H11IO2. The van der Waals surface area contributed by atoms with Crippen molar-refractivity contribution in [1.82, 2.24) is 0 Å². The first kappa shape index (κ1) is 9.12. The molecule has 1 aliphatic rings. The van der Waals surface area contributed by atoms with Gasteiger partial charge in [0.1, 0.15) is 11.5 Å². The van der Waals surface area contributed by atoms with Gasteiger partial charge in [0.25, 0.3) is 0 Å². The highest BCUT2D eigenvalue weighted by Gasteiger charge is 2.18. The summed E-state index contributed by atoms with van der Waals surface area (Å²) >= 11 is 2.45. The summed E-state index contributed by atoms with van der Waals surface area (Å²) in [4.78, 5) is 0. The van der Waals surface area contributed by atoms with Crippen LogP contribution in [0, 0.1) is 0 Å². The molecule has 0 bridgehead atoms. The third-order valence-electron chi connectivity index (χ3n) is 2.19. The molecule has 1 atom stereocenters. The molecule has 0 amide bonds. The largest absolute Gasteiger partial charge is 0.497 e. The van der Waals surface area contributed by atoms with Crippen LogP contribution < -0.4 is 9.47 Å². The maximum atomic E-state index is 5.55. The van der Waals surface area contributed by atoms with E-state index in [2.05, 4.69) is 28.7 Å². The number of fused-ring (bicyclic) bond motifs is 1. The fourth-order valence-corrected chi connectivity index (χ4v) is 2.22. The quantitative estimate of drug-likeness (QED) is 0.585. The van der Waals surface area contributed by atoms with E-state index in [-0.39, 0.29) is 0 Å². The lowest BCUT2D eigenvalue weighted by Gasteiger charge is -2.22. The van der Waals surface area contributed by atoms with Gasteiger partial charge in [0.05, 0.1) is 13.7 Å². The van der Waals surface area contributed by atoms with Crippen molar-refractivity contribution in [2.24, 2.45) is 0 Å². The van der Waals surface area contributed by atoms with Gasteiger partial charge in [-0.05, 0) is 12.5 Å². The van der Waals surface area contributed by atoms with Crippen LogP contribution in [0.25, 0.3) is 0 Å². The molecule has 0 fully saturated rings. The van der Waals surface area contributed by atoms with Crippen LogP contribution in [0.4, 0.5) is 0 Å². The number of alkyl halides is 1. The molecule has 0 radical (unpaired) electrons. The number of halogens is 1. The van der Waals surface area contributed by atoms with Gasteiger partial charge >= 0.3 is 0 Å². The number of rotatable bonds is 1. The number of ether oxygens (including phenoxy) is 2. The van der Waals surface area contributed by atoms with Crippen LogP contribution >= 0.6 is 22.6 Å². The average molecular weight is 290 g/mol. The van der Waals surface area contributed by atoms with E-state index in [1.165, 1.54) is 5.56 Å². The minimum Gasteiger partial charge on any atom is -0.497 e. The first-order valence-electron chi connectivity index (χ1n) is 4.26. The zero-order valence-electron chi connectivity index (χ0n) is 7.42. The van der Waals surface area contributed by atoms with E-state index < -0.39 is 0 Å². The van der Waals surface area contributed by atoms with Gasteiger partial charge < -0.3 is 9.47 Å². The molecule has 0 spiro atoms. The van der Waals surface area contributed by atoms with Crippen LogP contribution in [0.2, 0.25) is 0 Å². The van der Waals surface area contributed by atoms with Gasteiger partial charge in [0.2, 0.25) is 0 Å². The van der Waals surface area contributed by atoms with E-state index in [0.717, 1.165) is 24.5 Å². The first-order valence-corrected chi connectivity index (χ1v) is 5.50. The van der Waals surface area contributed by atoms with Crippen molar-refractivity contribution in [3.8, 4) is 11.5 Å². The lowest BCUT2D eigenvalue weighted by molar-refractivity contribution is 0.287. The van der Waals surface area contributed by atoms with Crippen molar-refractivity contribution < 1.29 is 9.47 Å². The van der Waals surface area contributed by atoms with E-state index >= 15 is 0 Å². The van der Waals surface area contributed by atoms with E-state index in [4.69, 9.17) is 9.47 Å². The summed E-state index contributed by atoms with van der Waals surface area (Å²) in [5.41, 5.74) is 1.28. The Labute approximate surface area is 91.4 Å². The predicted molar refractivity (Wildman–Crippen MR) is 59.9 cm³/mol. The number of hydrogen-bond acceptors (Lipinski definition) is 2. The monoisotopic (exact) mass is 290 g/mol. The van der Waals surface area contributed by atoms with Crippen LogP contribution in [-0.2, 0) is 0 Å². The summed E-state index contributed by atoms with van der Waals surface area (Å²) in [6.45, 7) is 0.813. The Balaban J connectivity index is 2.39. The molecule has 2 nitrogen and oxygen atoms in total. The van der Waals surface area contributed by atoms with Crippen molar-refractivity contribution in [1.29, 1.82) is 0 Å². The molecule has 0 N–H and O–H groups in total. The number of methoxy groups -OCH3 is 1.